The van der Waals surface area contributed by atoms with Gasteiger partial charge in [0, 0.05) is 29.2 Å². The molecule has 1 aromatic heterocycles. The molecule has 0 atom stereocenters. The summed E-state index contributed by atoms with van der Waals surface area (Å²) >= 11 is 0. The molecule has 2 amide bonds. The number of aromatic nitrogens is 1. The fourth-order valence-electron chi connectivity index (χ4n) is 3.64. The van der Waals surface area contributed by atoms with Gasteiger partial charge >= 0.3 is 0 Å². The zero-order valence-corrected chi connectivity index (χ0v) is 18.3. The Morgan fingerprint density at radius 2 is 1.78 bits per heavy atom. The molecule has 6 nitrogen and oxygen atoms in total. The zero-order chi connectivity index (χ0) is 23.1. The van der Waals surface area contributed by atoms with E-state index in [0.29, 0.717) is 12.1 Å². The largest absolute Gasteiger partial charge is 0.366 e. The first-order chi connectivity index (χ1) is 15.4. The lowest BCUT2D eigenvalue weighted by Gasteiger charge is -2.10. The second-order valence-electron chi connectivity index (χ2n) is 7.59. The summed E-state index contributed by atoms with van der Waals surface area (Å²) < 4.78 is 2.00. The second kappa shape index (κ2) is 10.3. The molecular formula is C26H26N4O2. The number of benzene rings is 2. The van der Waals surface area contributed by atoms with Crippen LogP contribution in [0.1, 0.15) is 39.3 Å². The van der Waals surface area contributed by atoms with Crippen molar-refractivity contribution in [1.29, 1.82) is 5.26 Å². The minimum atomic E-state index is -0.477. The second-order valence-corrected chi connectivity index (χ2v) is 7.59. The molecule has 3 N–H and O–H groups in total. The van der Waals surface area contributed by atoms with Crippen LogP contribution in [-0.4, -0.2) is 22.9 Å². The molecule has 0 aliphatic rings. The van der Waals surface area contributed by atoms with Crippen LogP contribution in [0.3, 0.4) is 0 Å². The van der Waals surface area contributed by atoms with Crippen LogP contribution in [0.15, 0.2) is 66.2 Å². The van der Waals surface area contributed by atoms with E-state index in [0.717, 1.165) is 35.5 Å². The van der Waals surface area contributed by atoms with E-state index < -0.39 is 5.91 Å². The van der Waals surface area contributed by atoms with Gasteiger partial charge in [-0.25, -0.2) is 0 Å². The van der Waals surface area contributed by atoms with Crippen LogP contribution >= 0.6 is 0 Å². The molecule has 0 aliphatic carbocycles. The molecule has 0 saturated carbocycles. The number of aryl methyl sites for hydroxylation is 2. The van der Waals surface area contributed by atoms with Crippen LogP contribution in [-0.2, 0) is 11.2 Å². The standard InChI is InChI=1S/C26H26N4O2/c1-18-15-22(19(2)30(18)24-12-10-21(11-13-24)25(28)31)16-23(17-27)26(32)29-14-6-9-20-7-4-3-5-8-20/h3-5,7-8,10-13,15-16H,6,9,14H2,1-2H3,(H2,28,31)(H,29,32)/b23-16-. The molecule has 3 aromatic rings. The van der Waals surface area contributed by atoms with Crippen molar-refractivity contribution < 1.29 is 9.59 Å². The van der Waals surface area contributed by atoms with Gasteiger partial charge < -0.3 is 15.6 Å². The average Bonchev–Trinajstić information content (AvgIpc) is 3.08. The third kappa shape index (κ3) is 5.32. The lowest BCUT2D eigenvalue weighted by Crippen LogP contribution is -2.25. The van der Waals surface area contributed by atoms with Crippen molar-refractivity contribution in [2.45, 2.75) is 26.7 Å². The lowest BCUT2D eigenvalue weighted by molar-refractivity contribution is -0.117. The Kier molecular flexibility index (Phi) is 7.25. The van der Waals surface area contributed by atoms with Gasteiger partial charge in [-0.3, -0.25) is 9.59 Å². The number of amides is 2. The first-order valence-electron chi connectivity index (χ1n) is 10.4. The number of nitrogens with zero attached hydrogens (tertiary/aromatic N) is 2. The van der Waals surface area contributed by atoms with E-state index in [9.17, 15) is 14.9 Å². The van der Waals surface area contributed by atoms with Crippen LogP contribution in [0.4, 0.5) is 0 Å². The third-order valence-corrected chi connectivity index (χ3v) is 5.32. The summed E-state index contributed by atoms with van der Waals surface area (Å²) in [5, 5.41) is 12.4. The number of nitrogens with one attached hydrogen (secondary N) is 1. The molecule has 0 unspecified atom stereocenters. The third-order valence-electron chi connectivity index (χ3n) is 5.32. The minimum Gasteiger partial charge on any atom is -0.366 e. The van der Waals surface area contributed by atoms with Gasteiger partial charge in [0.05, 0.1) is 0 Å². The minimum absolute atomic E-state index is 0.0639. The summed E-state index contributed by atoms with van der Waals surface area (Å²) in [4.78, 5) is 23.8. The highest BCUT2D eigenvalue weighted by Gasteiger charge is 2.14. The van der Waals surface area contributed by atoms with Gasteiger partial charge in [0.25, 0.3) is 5.91 Å². The molecule has 6 heteroatoms. The molecular weight excluding hydrogens is 400 g/mol. The quantitative estimate of drug-likeness (QED) is 0.325. The highest BCUT2D eigenvalue weighted by molar-refractivity contribution is 6.01. The Labute approximate surface area is 188 Å². The highest BCUT2D eigenvalue weighted by Crippen LogP contribution is 2.23. The molecule has 0 bridgehead atoms. The molecule has 2 aromatic carbocycles. The van der Waals surface area contributed by atoms with E-state index in [1.807, 2.05) is 60.9 Å². The van der Waals surface area contributed by atoms with E-state index in [2.05, 4.69) is 17.4 Å². The summed E-state index contributed by atoms with van der Waals surface area (Å²) in [5.74, 6) is -0.856. The summed E-state index contributed by atoms with van der Waals surface area (Å²) in [6.45, 7) is 4.37. The molecule has 0 saturated heterocycles. The maximum Gasteiger partial charge on any atom is 0.261 e. The first-order valence-corrected chi connectivity index (χ1v) is 10.4. The van der Waals surface area contributed by atoms with Crippen molar-refractivity contribution in [3.8, 4) is 11.8 Å². The van der Waals surface area contributed by atoms with Gasteiger partial charge in [-0.2, -0.15) is 5.26 Å². The van der Waals surface area contributed by atoms with Crippen molar-refractivity contribution >= 4 is 17.9 Å². The van der Waals surface area contributed by atoms with E-state index in [1.165, 1.54) is 5.56 Å². The zero-order valence-electron chi connectivity index (χ0n) is 18.3. The molecule has 0 spiro atoms. The maximum atomic E-state index is 12.5. The first kappa shape index (κ1) is 22.6. The fraction of sp³-hybridized carbons (Fsp3) is 0.192. The Hall–Kier alpha value is -4.11. The normalized spacial score (nSPS) is 11.1. The highest BCUT2D eigenvalue weighted by atomic mass is 16.2. The van der Waals surface area contributed by atoms with Crippen molar-refractivity contribution in [2.24, 2.45) is 5.73 Å². The smallest absolute Gasteiger partial charge is 0.261 e. The fourth-order valence-corrected chi connectivity index (χ4v) is 3.64. The van der Waals surface area contributed by atoms with Gasteiger partial charge in [-0.15, -0.1) is 0 Å². The molecule has 0 aliphatic heterocycles. The average molecular weight is 427 g/mol. The van der Waals surface area contributed by atoms with E-state index in [-0.39, 0.29) is 11.5 Å². The summed E-state index contributed by atoms with van der Waals surface area (Å²) in [7, 11) is 0. The summed E-state index contributed by atoms with van der Waals surface area (Å²) in [5.41, 5.74) is 10.5. The summed E-state index contributed by atoms with van der Waals surface area (Å²) in [6, 6.07) is 21.0. The molecule has 0 fully saturated rings. The molecule has 3 rings (SSSR count). The number of hydrogen-bond donors (Lipinski definition) is 2. The van der Waals surface area contributed by atoms with Gasteiger partial charge in [0.2, 0.25) is 5.91 Å². The van der Waals surface area contributed by atoms with E-state index in [1.54, 1.807) is 18.2 Å². The Bertz CT molecular complexity index is 1180. The van der Waals surface area contributed by atoms with Crippen molar-refractivity contribution in [3.63, 3.8) is 0 Å². The number of carbonyl (C=O) groups excluding carboxylic acids is 2. The van der Waals surface area contributed by atoms with Crippen molar-refractivity contribution in [2.75, 3.05) is 6.54 Å². The van der Waals surface area contributed by atoms with Crippen LogP contribution in [0.25, 0.3) is 11.8 Å². The number of nitrogens with two attached hydrogens (primary N) is 1. The predicted molar refractivity (Wildman–Crippen MR) is 125 cm³/mol. The number of rotatable bonds is 8. The number of primary amides is 1. The van der Waals surface area contributed by atoms with Crippen LogP contribution in [0.2, 0.25) is 0 Å². The van der Waals surface area contributed by atoms with Crippen molar-refractivity contribution in [1.82, 2.24) is 9.88 Å². The van der Waals surface area contributed by atoms with Crippen molar-refractivity contribution in [3.05, 3.63) is 94.3 Å². The monoisotopic (exact) mass is 426 g/mol. The number of hydrogen-bond acceptors (Lipinski definition) is 3. The molecule has 1 heterocycles. The van der Waals surface area contributed by atoms with Crippen LogP contribution in [0, 0.1) is 25.2 Å². The molecule has 162 valence electrons. The summed E-state index contributed by atoms with van der Waals surface area (Å²) in [6.07, 6.45) is 3.27. The van der Waals surface area contributed by atoms with Gasteiger partial charge in [-0.05, 0) is 74.2 Å². The Morgan fingerprint density at radius 3 is 2.41 bits per heavy atom. The van der Waals surface area contributed by atoms with Gasteiger partial charge in [0.15, 0.2) is 0 Å². The van der Waals surface area contributed by atoms with E-state index >= 15 is 0 Å². The number of nitriles is 1. The van der Waals surface area contributed by atoms with Crippen LogP contribution in [0.5, 0.6) is 0 Å². The number of carbonyl (C=O) groups is 2. The van der Waals surface area contributed by atoms with E-state index in [4.69, 9.17) is 5.73 Å². The Balaban J connectivity index is 1.71. The molecule has 32 heavy (non-hydrogen) atoms. The topological polar surface area (TPSA) is 101 Å². The molecule has 0 radical (unpaired) electrons. The SMILES string of the molecule is Cc1cc(/C=C(/C#N)C(=O)NCCCc2ccccc2)c(C)n1-c1ccc(C(N)=O)cc1. The predicted octanol–water partition coefficient (Wildman–Crippen LogP) is 3.85. The Morgan fingerprint density at radius 1 is 1.09 bits per heavy atom. The van der Waals surface area contributed by atoms with Crippen LogP contribution < -0.4 is 11.1 Å². The van der Waals surface area contributed by atoms with Gasteiger partial charge in [0.1, 0.15) is 11.6 Å². The maximum absolute atomic E-state index is 12.5. The lowest BCUT2D eigenvalue weighted by atomic mass is 10.1. The van der Waals surface area contributed by atoms with Gasteiger partial charge in [-0.1, -0.05) is 30.3 Å².